The van der Waals surface area contributed by atoms with Crippen LogP contribution in [-0.2, 0) is 12.8 Å². The number of hydrogen-bond donors (Lipinski definition) is 1. The minimum absolute atomic E-state index is 0.00688. The van der Waals surface area contributed by atoms with E-state index in [4.69, 9.17) is 9.57 Å². The molecule has 0 spiro atoms. The van der Waals surface area contributed by atoms with Crippen molar-refractivity contribution in [2.75, 3.05) is 12.4 Å². The van der Waals surface area contributed by atoms with Gasteiger partial charge in [0, 0.05) is 16.6 Å². The molecule has 2 aliphatic rings. The summed E-state index contributed by atoms with van der Waals surface area (Å²) in [4.78, 5) is 6.63. The molecule has 2 aromatic carbocycles. The topological polar surface area (TPSA) is 33.7 Å². The van der Waals surface area contributed by atoms with Crippen molar-refractivity contribution in [1.29, 1.82) is 0 Å². The number of nitrogens with one attached hydrogen (secondary N) is 1. The Morgan fingerprint density at radius 1 is 1.00 bits per heavy atom. The van der Waals surface area contributed by atoms with Crippen molar-refractivity contribution in [3.63, 3.8) is 0 Å². The Labute approximate surface area is 175 Å². The molecule has 2 aromatic rings. The summed E-state index contributed by atoms with van der Waals surface area (Å²) < 4.78 is 6.10. The third kappa shape index (κ3) is 3.48. The van der Waals surface area contributed by atoms with Gasteiger partial charge in [-0.3, -0.25) is 0 Å². The summed E-state index contributed by atoms with van der Waals surface area (Å²) in [6.07, 6.45) is 3.27. The zero-order chi connectivity index (χ0) is 21.0. The second-order valence-electron chi connectivity index (χ2n) is 10.2. The van der Waals surface area contributed by atoms with E-state index in [1.54, 1.807) is 7.11 Å². The fourth-order valence-electron chi connectivity index (χ4n) is 4.61. The summed E-state index contributed by atoms with van der Waals surface area (Å²) in [5.41, 5.74) is 6.02. The number of anilines is 1. The normalized spacial score (nSPS) is 18.9. The molecule has 0 fully saturated rings. The van der Waals surface area contributed by atoms with Crippen LogP contribution in [0.2, 0.25) is 0 Å². The first-order valence-corrected chi connectivity index (χ1v) is 10.7. The molecule has 4 rings (SSSR count). The third-order valence-electron chi connectivity index (χ3n) is 5.69. The molecule has 0 amide bonds. The molecule has 1 aliphatic heterocycles. The highest BCUT2D eigenvalue weighted by Gasteiger charge is 2.46. The number of benzene rings is 2. The molecule has 156 valence electrons. The molecule has 0 saturated carbocycles. The standard InChI is InChI=1S/C25H34N2O2/c1-24(2,3)26-20-17-14-11-15-18(17)22-19(23(20)28-7)21(16-12-9-8-10-13-16)27(29-22)25(4,5)6/h8-10,12-13,21,26H,11,14-15H2,1-7H3. The van der Waals surface area contributed by atoms with Crippen LogP contribution in [0.4, 0.5) is 5.69 Å². The minimum Gasteiger partial charge on any atom is -0.494 e. The SMILES string of the molecule is COc1c(NC(C)(C)C)c2c(c3c1C(c1ccccc1)N(C(C)(C)C)O3)CCC2. The van der Waals surface area contributed by atoms with Crippen LogP contribution in [0.1, 0.15) is 76.3 Å². The van der Waals surface area contributed by atoms with Gasteiger partial charge in [0.25, 0.3) is 0 Å². The summed E-state index contributed by atoms with van der Waals surface area (Å²) in [6.45, 7) is 13.2. The van der Waals surface area contributed by atoms with E-state index in [2.05, 4.69) is 82.3 Å². The second kappa shape index (κ2) is 6.94. The quantitative estimate of drug-likeness (QED) is 0.703. The van der Waals surface area contributed by atoms with Crippen LogP contribution in [-0.4, -0.2) is 23.3 Å². The molecular weight excluding hydrogens is 360 g/mol. The van der Waals surface area contributed by atoms with E-state index in [1.807, 2.05) is 0 Å². The van der Waals surface area contributed by atoms with Crippen molar-refractivity contribution in [2.24, 2.45) is 0 Å². The van der Waals surface area contributed by atoms with Gasteiger partial charge in [-0.2, -0.15) is 0 Å². The van der Waals surface area contributed by atoms with Crippen molar-refractivity contribution in [3.05, 3.63) is 52.6 Å². The van der Waals surface area contributed by atoms with Crippen LogP contribution < -0.4 is 14.9 Å². The van der Waals surface area contributed by atoms with Crippen LogP contribution >= 0.6 is 0 Å². The van der Waals surface area contributed by atoms with Crippen LogP contribution in [0.25, 0.3) is 0 Å². The number of ether oxygens (including phenoxy) is 1. The molecular formula is C25H34N2O2. The highest BCUT2D eigenvalue weighted by molar-refractivity contribution is 5.76. The molecule has 0 bridgehead atoms. The lowest BCUT2D eigenvalue weighted by molar-refractivity contribution is -0.129. The van der Waals surface area contributed by atoms with E-state index in [0.29, 0.717) is 0 Å². The summed E-state index contributed by atoms with van der Waals surface area (Å²) in [5.74, 6) is 1.94. The maximum atomic E-state index is 6.63. The number of fused-ring (bicyclic) bond motifs is 3. The first-order chi connectivity index (χ1) is 13.6. The molecule has 29 heavy (non-hydrogen) atoms. The molecule has 1 atom stereocenters. The highest BCUT2D eigenvalue weighted by atomic mass is 16.7. The smallest absolute Gasteiger partial charge is 0.160 e. The molecule has 0 aromatic heterocycles. The van der Waals surface area contributed by atoms with Crippen molar-refractivity contribution < 1.29 is 9.57 Å². The Morgan fingerprint density at radius 2 is 1.66 bits per heavy atom. The van der Waals surface area contributed by atoms with Crippen molar-refractivity contribution in [2.45, 2.75) is 77.9 Å². The molecule has 0 saturated heterocycles. The Balaban J connectivity index is 2.00. The zero-order valence-electron chi connectivity index (χ0n) is 18.8. The number of hydrogen-bond acceptors (Lipinski definition) is 4. The first-order valence-electron chi connectivity index (χ1n) is 10.7. The lowest BCUT2D eigenvalue weighted by Crippen LogP contribution is -2.43. The minimum atomic E-state index is -0.159. The van der Waals surface area contributed by atoms with Gasteiger partial charge in [0.05, 0.1) is 18.4 Å². The van der Waals surface area contributed by atoms with E-state index >= 15 is 0 Å². The van der Waals surface area contributed by atoms with Crippen molar-refractivity contribution >= 4 is 5.69 Å². The van der Waals surface area contributed by atoms with E-state index < -0.39 is 0 Å². The van der Waals surface area contributed by atoms with Crippen molar-refractivity contribution in [3.8, 4) is 11.5 Å². The second-order valence-corrected chi connectivity index (χ2v) is 10.2. The van der Waals surface area contributed by atoms with Gasteiger partial charge in [0.1, 0.15) is 6.04 Å². The lowest BCUT2D eigenvalue weighted by Gasteiger charge is -2.35. The van der Waals surface area contributed by atoms with Crippen molar-refractivity contribution in [1.82, 2.24) is 5.06 Å². The van der Waals surface area contributed by atoms with Gasteiger partial charge >= 0.3 is 0 Å². The van der Waals surface area contributed by atoms with Gasteiger partial charge in [0.15, 0.2) is 11.5 Å². The average molecular weight is 395 g/mol. The molecule has 1 aliphatic carbocycles. The lowest BCUT2D eigenvalue weighted by atomic mass is 9.90. The van der Waals surface area contributed by atoms with E-state index in [-0.39, 0.29) is 17.1 Å². The van der Waals surface area contributed by atoms with Gasteiger partial charge < -0.3 is 14.9 Å². The monoisotopic (exact) mass is 394 g/mol. The van der Waals surface area contributed by atoms with Gasteiger partial charge in [-0.25, -0.2) is 0 Å². The number of rotatable bonds is 3. The molecule has 1 heterocycles. The van der Waals surface area contributed by atoms with E-state index in [0.717, 1.165) is 42.0 Å². The summed E-state index contributed by atoms with van der Waals surface area (Å²) in [7, 11) is 1.78. The first kappa shape index (κ1) is 20.1. The maximum Gasteiger partial charge on any atom is 0.160 e. The predicted molar refractivity (Wildman–Crippen MR) is 119 cm³/mol. The van der Waals surface area contributed by atoms with Gasteiger partial charge in [-0.05, 0) is 71.9 Å². The third-order valence-corrected chi connectivity index (χ3v) is 5.69. The molecule has 0 radical (unpaired) electrons. The number of methoxy groups -OCH3 is 1. The van der Waals surface area contributed by atoms with Crippen LogP contribution in [0.5, 0.6) is 11.5 Å². The maximum absolute atomic E-state index is 6.63. The Kier molecular flexibility index (Phi) is 4.81. The van der Waals surface area contributed by atoms with E-state index in [9.17, 15) is 0 Å². The fraction of sp³-hybridized carbons (Fsp3) is 0.520. The van der Waals surface area contributed by atoms with Gasteiger partial charge in [-0.1, -0.05) is 30.3 Å². The molecule has 1 unspecified atom stereocenters. The number of hydroxylamine groups is 2. The highest BCUT2D eigenvalue weighted by Crippen LogP contribution is 2.56. The van der Waals surface area contributed by atoms with E-state index in [1.165, 1.54) is 16.7 Å². The Hall–Kier alpha value is -2.20. The number of nitrogens with zero attached hydrogens (tertiary/aromatic N) is 1. The summed E-state index contributed by atoms with van der Waals surface area (Å²) in [5, 5.41) is 5.91. The van der Waals surface area contributed by atoms with Crippen LogP contribution in [0, 0.1) is 0 Å². The zero-order valence-corrected chi connectivity index (χ0v) is 18.8. The Morgan fingerprint density at radius 3 is 2.24 bits per heavy atom. The Bertz CT molecular complexity index is 907. The predicted octanol–water partition coefficient (Wildman–Crippen LogP) is 5.89. The van der Waals surface area contributed by atoms with Gasteiger partial charge in [0.2, 0.25) is 0 Å². The largest absolute Gasteiger partial charge is 0.494 e. The average Bonchev–Trinajstić information content (AvgIpc) is 3.26. The summed E-state index contributed by atoms with van der Waals surface area (Å²) >= 11 is 0. The molecule has 1 N–H and O–H groups in total. The molecule has 4 heteroatoms. The fourth-order valence-corrected chi connectivity index (χ4v) is 4.61. The van der Waals surface area contributed by atoms with Crippen LogP contribution in [0.15, 0.2) is 30.3 Å². The molecule has 4 nitrogen and oxygen atoms in total. The van der Waals surface area contributed by atoms with Crippen LogP contribution in [0.3, 0.4) is 0 Å². The van der Waals surface area contributed by atoms with Gasteiger partial charge in [-0.15, -0.1) is 5.06 Å². The summed E-state index contributed by atoms with van der Waals surface area (Å²) in [6, 6.07) is 10.6.